The molecule has 2 atom stereocenters. The highest BCUT2D eigenvalue weighted by atomic mass is 16.5. The largest absolute Gasteiger partial charge is 0.479 e. The minimum Gasteiger partial charge on any atom is -0.479 e. The molecule has 0 saturated heterocycles. The van der Waals surface area contributed by atoms with Gasteiger partial charge in [-0.3, -0.25) is 0 Å². The molecule has 0 heterocycles. The summed E-state index contributed by atoms with van der Waals surface area (Å²) in [5.74, 6) is -0.738. The predicted octanol–water partition coefficient (Wildman–Crippen LogP) is 0.345. The number of nitrogens with one attached hydrogen (secondary N) is 2. The SMILES string of the molecule is CNCCN(C)Cc1ccc(OC(CC(O)CCO)C(=O)O)c(NC)c1. The van der Waals surface area contributed by atoms with E-state index in [1.54, 1.807) is 13.1 Å². The Morgan fingerprint density at radius 2 is 2.08 bits per heavy atom. The number of ether oxygens (including phenoxy) is 1. The van der Waals surface area contributed by atoms with Crippen molar-refractivity contribution in [2.75, 3.05) is 46.2 Å². The smallest absolute Gasteiger partial charge is 0.344 e. The van der Waals surface area contributed by atoms with Gasteiger partial charge in [0.2, 0.25) is 0 Å². The number of hydrogen-bond acceptors (Lipinski definition) is 7. The lowest BCUT2D eigenvalue weighted by Gasteiger charge is -2.21. The number of aliphatic hydroxyl groups excluding tert-OH is 2. The van der Waals surface area contributed by atoms with Crippen molar-refractivity contribution in [1.29, 1.82) is 0 Å². The second-order valence-corrected chi connectivity index (χ2v) is 6.27. The highest BCUT2D eigenvalue weighted by Gasteiger charge is 2.24. The van der Waals surface area contributed by atoms with Crippen molar-refractivity contribution >= 4 is 11.7 Å². The molecule has 5 N–H and O–H groups in total. The Balaban J connectivity index is 2.82. The molecule has 1 aromatic rings. The molecule has 0 bridgehead atoms. The van der Waals surface area contributed by atoms with Crippen molar-refractivity contribution < 1.29 is 24.9 Å². The number of carbonyl (C=O) groups is 1. The summed E-state index contributed by atoms with van der Waals surface area (Å²) in [5, 5.41) is 34.1. The fourth-order valence-corrected chi connectivity index (χ4v) is 2.53. The molecule has 0 saturated carbocycles. The van der Waals surface area contributed by atoms with E-state index >= 15 is 0 Å². The maximum atomic E-state index is 11.4. The van der Waals surface area contributed by atoms with Gasteiger partial charge in [0, 0.05) is 39.7 Å². The van der Waals surface area contributed by atoms with E-state index in [0.717, 1.165) is 25.2 Å². The van der Waals surface area contributed by atoms with Crippen LogP contribution in [0.3, 0.4) is 0 Å². The first-order valence-electron chi connectivity index (χ1n) is 8.73. The summed E-state index contributed by atoms with van der Waals surface area (Å²) in [7, 11) is 5.69. The van der Waals surface area contributed by atoms with Crippen LogP contribution in [0.5, 0.6) is 5.75 Å². The Morgan fingerprint density at radius 3 is 2.65 bits per heavy atom. The van der Waals surface area contributed by atoms with E-state index in [1.807, 2.05) is 26.2 Å². The maximum Gasteiger partial charge on any atom is 0.344 e. The molecule has 8 heteroatoms. The number of hydrogen-bond donors (Lipinski definition) is 5. The van der Waals surface area contributed by atoms with Gasteiger partial charge in [-0.25, -0.2) is 4.79 Å². The van der Waals surface area contributed by atoms with E-state index in [4.69, 9.17) is 9.84 Å². The lowest BCUT2D eigenvalue weighted by molar-refractivity contribution is -0.146. The van der Waals surface area contributed by atoms with Crippen molar-refractivity contribution in [3.05, 3.63) is 23.8 Å². The van der Waals surface area contributed by atoms with Gasteiger partial charge in [-0.1, -0.05) is 6.07 Å². The van der Waals surface area contributed by atoms with Gasteiger partial charge in [0.25, 0.3) is 0 Å². The summed E-state index contributed by atoms with van der Waals surface area (Å²) < 4.78 is 5.61. The number of aliphatic hydroxyl groups is 2. The average molecular weight is 369 g/mol. The number of benzene rings is 1. The molecule has 1 aromatic carbocycles. The number of anilines is 1. The Hall–Kier alpha value is -1.87. The van der Waals surface area contributed by atoms with Crippen molar-refractivity contribution in [3.8, 4) is 5.75 Å². The second kappa shape index (κ2) is 11.7. The minimum absolute atomic E-state index is 0.0897. The van der Waals surface area contributed by atoms with Crippen molar-refractivity contribution in [1.82, 2.24) is 10.2 Å². The molecule has 0 aliphatic heterocycles. The number of likely N-dealkylation sites (N-methyl/N-ethyl adjacent to an activating group) is 2. The third-order valence-corrected chi connectivity index (χ3v) is 4.00. The van der Waals surface area contributed by atoms with Crippen LogP contribution in [0.25, 0.3) is 0 Å². The summed E-state index contributed by atoms with van der Waals surface area (Å²) in [5.41, 5.74) is 1.76. The van der Waals surface area contributed by atoms with Gasteiger partial charge in [0.1, 0.15) is 5.75 Å². The highest BCUT2D eigenvalue weighted by Crippen LogP contribution is 2.28. The predicted molar refractivity (Wildman–Crippen MR) is 101 cm³/mol. The zero-order valence-electron chi connectivity index (χ0n) is 15.7. The first kappa shape index (κ1) is 22.2. The van der Waals surface area contributed by atoms with Crippen LogP contribution in [-0.4, -0.2) is 79.2 Å². The fourth-order valence-electron chi connectivity index (χ4n) is 2.53. The van der Waals surface area contributed by atoms with E-state index in [-0.39, 0.29) is 19.4 Å². The van der Waals surface area contributed by atoms with E-state index in [2.05, 4.69) is 15.5 Å². The maximum absolute atomic E-state index is 11.4. The first-order valence-corrected chi connectivity index (χ1v) is 8.73. The fraction of sp³-hybridized carbons (Fsp3) is 0.611. The average Bonchev–Trinajstić information content (AvgIpc) is 2.60. The molecule has 0 aliphatic carbocycles. The van der Waals surface area contributed by atoms with E-state index in [0.29, 0.717) is 11.4 Å². The molecule has 26 heavy (non-hydrogen) atoms. The normalized spacial score (nSPS) is 13.5. The van der Waals surface area contributed by atoms with Crippen LogP contribution in [0, 0.1) is 0 Å². The van der Waals surface area contributed by atoms with Crippen molar-refractivity contribution in [2.45, 2.75) is 31.6 Å². The van der Waals surface area contributed by atoms with E-state index in [1.165, 1.54) is 0 Å². The molecule has 8 nitrogen and oxygen atoms in total. The van der Waals surface area contributed by atoms with Crippen LogP contribution in [0.2, 0.25) is 0 Å². The zero-order chi connectivity index (χ0) is 19.5. The summed E-state index contributed by atoms with van der Waals surface area (Å²) in [6.07, 6.45) is -2.09. The molecule has 1 rings (SSSR count). The number of aliphatic carboxylic acids is 1. The third kappa shape index (κ3) is 7.57. The third-order valence-electron chi connectivity index (χ3n) is 4.00. The lowest BCUT2D eigenvalue weighted by atomic mass is 10.1. The second-order valence-electron chi connectivity index (χ2n) is 6.27. The number of nitrogens with zero attached hydrogens (tertiary/aromatic N) is 1. The Bertz CT molecular complexity index is 556. The number of carboxylic acids is 1. The molecule has 0 spiro atoms. The van der Waals surface area contributed by atoms with Crippen molar-refractivity contribution in [3.63, 3.8) is 0 Å². The van der Waals surface area contributed by atoms with Crippen molar-refractivity contribution in [2.24, 2.45) is 0 Å². The summed E-state index contributed by atoms with van der Waals surface area (Å²) in [6.45, 7) is 2.36. The van der Waals surface area contributed by atoms with Gasteiger partial charge < -0.3 is 35.6 Å². The number of rotatable bonds is 13. The monoisotopic (exact) mass is 369 g/mol. The molecule has 0 aliphatic rings. The van der Waals surface area contributed by atoms with Crippen LogP contribution in [0.15, 0.2) is 18.2 Å². The van der Waals surface area contributed by atoms with Crippen LogP contribution in [-0.2, 0) is 11.3 Å². The Labute approximate surface area is 154 Å². The van der Waals surface area contributed by atoms with Gasteiger partial charge in [-0.2, -0.15) is 0 Å². The molecule has 0 aromatic heterocycles. The van der Waals surface area contributed by atoms with Crippen LogP contribution in [0.4, 0.5) is 5.69 Å². The van der Waals surface area contributed by atoms with Gasteiger partial charge >= 0.3 is 5.97 Å². The number of carboxylic acid groups (broad SMARTS) is 1. The van der Waals surface area contributed by atoms with Gasteiger partial charge in [-0.15, -0.1) is 0 Å². The summed E-state index contributed by atoms with van der Waals surface area (Å²) in [6, 6.07) is 5.56. The molecule has 0 fully saturated rings. The first-order chi connectivity index (χ1) is 12.4. The molecular formula is C18H31N3O5. The van der Waals surface area contributed by atoms with Gasteiger partial charge in [0.05, 0.1) is 11.8 Å². The highest BCUT2D eigenvalue weighted by molar-refractivity contribution is 5.73. The molecule has 0 amide bonds. The minimum atomic E-state index is -1.19. The van der Waals surface area contributed by atoms with E-state index < -0.39 is 18.2 Å². The Morgan fingerprint density at radius 1 is 1.35 bits per heavy atom. The molecular weight excluding hydrogens is 338 g/mol. The molecule has 148 valence electrons. The summed E-state index contributed by atoms with van der Waals surface area (Å²) in [4.78, 5) is 13.6. The lowest BCUT2D eigenvalue weighted by Crippen LogP contribution is -2.32. The molecule has 2 unspecified atom stereocenters. The Kier molecular flexibility index (Phi) is 9.97. The van der Waals surface area contributed by atoms with Crippen LogP contribution >= 0.6 is 0 Å². The quantitative estimate of drug-likeness (QED) is 0.338. The topological polar surface area (TPSA) is 114 Å². The zero-order valence-corrected chi connectivity index (χ0v) is 15.7. The van der Waals surface area contributed by atoms with Gasteiger partial charge in [-0.05, 0) is 38.2 Å². The van der Waals surface area contributed by atoms with Gasteiger partial charge in [0.15, 0.2) is 6.10 Å². The standard InChI is InChI=1S/C18H31N3O5/c1-19-7-8-21(3)12-13-4-5-16(15(10-13)20-2)26-17(18(24)25)11-14(23)6-9-22/h4-5,10,14,17,19-20,22-23H,6-9,11-12H2,1-3H3,(H,24,25). The van der Waals surface area contributed by atoms with Crippen LogP contribution in [0.1, 0.15) is 18.4 Å². The van der Waals surface area contributed by atoms with E-state index in [9.17, 15) is 15.0 Å². The van der Waals surface area contributed by atoms with Crippen LogP contribution < -0.4 is 15.4 Å². The summed E-state index contributed by atoms with van der Waals surface area (Å²) >= 11 is 0. The molecule has 0 radical (unpaired) electrons.